The van der Waals surface area contributed by atoms with E-state index in [1.54, 1.807) is 0 Å². The summed E-state index contributed by atoms with van der Waals surface area (Å²) in [5.41, 5.74) is 3.76. The number of allylic oxidation sites excluding steroid dienone is 1. The maximum atomic E-state index is 13.4. The van der Waals surface area contributed by atoms with Crippen molar-refractivity contribution in [3.63, 3.8) is 0 Å². The van der Waals surface area contributed by atoms with E-state index < -0.39 is 5.60 Å². The topological polar surface area (TPSA) is 38.0 Å². The first-order valence-electron chi connectivity index (χ1n) is 11.6. The van der Waals surface area contributed by atoms with Crippen LogP contribution in [0.25, 0.3) is 17.3 Å². The summed E-state index contributed by atoms with van der Waals surface area (Å²) in [6.07, 6.45) is 13.7. The molecule has 0 saturated heterocycles. The second kappa shape index (κ2) is 7.33. The first-order chi connectivity index (χ1) is 14.4. The molecule has 4 heteroatoms. The van der Waals surface area contributed by atoms with Crippen LogP contribution in [0, 0.1) is 23.1 Å². The van der Waals surface area contributed by atoms with Gasteiger partial charge in [-0.1, -0.05) is 31.8 Å². The third-order valence-corrected chi connectivity index (χ3v) is 8.38. The van der Waals surface area contributed by atoms with E-state index in [2.05, 4.69) is 24.5 Å². The molecule has 3 aliphatic rings. The first kappa shape index (κ1) is 20.0. The van der Waals surface area contributed by atoms with Gasteiger partial charge in [-0.3, -0.25) is 0 Å². The lowest BCUT2D eigenvalue weighted by atomic mass is 9.54. The van der Waals surface area contributed by atoms with Gasteiger partial charge in [0.2, 0.25) is 0 Å². The molecule has 160 valence electrons. The summed E-state index contributed by atoms with van der Waals surface area (Å²) < 4.78 is 15.6. The smallest absolute Gasteiger partial charge is 0.123 e. The van der Waals surface area contributed by atoms with Crippen LogP contribution >= 0.6 is 0 Å². The second-order valence-electron chi connectivity index (χ2n) is 10.2. The Morgan fingerprint density at radius 3 is 2.57 bits per heavy atom. The maximum absolute atomic E-state index is 13.4. The quantitative estimate of drug-likeness (QED) is 0.654. The predicted octanol–water partition coefficient (Wildman–Crippen LogP) is 6.22. The fourth-order valence-electron chi connectivity index (χ4n) is 6.70. The highest BCUT2D eigenvalue weighted by molar-refractivity contribution is 5.72. The standard InChI is InChI=1S/C26H33FN2O/c1-25-16-29-17-28-24(18-11-13-21(27)14-12-18)22(29)15-20(25)9-6-10-23(25)26(2,30)19-7-4-3-5-8-19/h11-15,17,19,23,30H,3-10,16H2,1-2H3/t23-,25-,26+/m0/s1. The van der Waals surface area contributed by atoms with Crippen LogP contribution in [0.5, 0.6) is 0 Å². The molecule has 0 amide bonds. The zero-order valence-electron chi connectivity index (χ0n) is 18.2. The van der Waals surface area contributed by atoms with E-state index in [4.69, 9.17) is 4.98 Å². The molecule has 2 fully saturated rings. The van der Waals surface area contributed by atoms with E-state index in [0.29, 0.717) is 5.92 Å². The summed E-state index contributed by atoms with van der Waals surface area (Å²) in [6.45, 7) is 5.34. The second-order valence-corrected chi connectivity index (χ2v) is 10.2. The highest BCUT2D eigenvalue weighted by atomic mass is 19.1. The summed E-state index contributed by atoms with van der Waals surface area (Å²) in [5.74, 6) is 0.446. The summed E-state index contributed by atoms with van der Waals surface area (Å²) in [4.78, 5) is 4.70. The van der Waals surface area contributed by atoms with Gasteiger partial charge in [-0.25, -0.2) is 9.37 Å². The lowest BCUT2D eigenvalue weighted by Gasteiger charge is -2.54. The highest BCUT2D eigenvalue weighted by Gasteiger charge is 2.52. The van der Waals surface area contributed by atoms with E-state index in [0.717, 1.165) is 55.6 Å². The minimum atomic E-state index is -0.632. The van der Waals surface area contributed by atoms with Crippen molar-refractivity contribution in [2.24, 2.45) is 17.3 Å². The normalized spacial score (nSPS) is 28.9. The molecule has 1 aromatic carbocycles. The summed E-state index contributed by atoms with van der Waals surface area (Å²) in [6, 6.07) is 6.61. The Kier molecular flexibility index (Phi) is 4.89. The van der Waals surface area contributed by atoms with Gasteiger partial charge in [-0.2, -0.15) is 0 Å². The van der Waals surface area contributed by atoms with Crippen molar-refractivity contribution in [1.29, 1.82) is 0 Å². The zero-order chi connectivity index (χ0) is 20.9. The molecular weight excluding hydrogens is 375 g/mol. The Morgan fingerprint density at radius 1 is 1.10 bits per heavy atom. The Balaban J connectivity index is 1.51. The molecule has 30 heavy (non-hydrogen) atoms. The molecule has 0 spiro atoms. The van der Waals surface area contributed by atoms with Crippen molar-refractivity contribution in [2.75, 3.05) is 0 Å². The minimum Gasteiger partial charge on any atom is -0.390 e. The van der Waals surface area contributed by atoms with Gasteiger partial charge in [0.1, 0.15) is 5.82 Å². The van der Waals surface area contributed by atoms with Crippen molar-refractivity contribution in [3.8, 4) is 11.3 Å². The van der Waals surface area contributed by atoms with Gasteiger partial charge in [0.05, 0.1) is 23.3 Å². The van der Waals surface area contributed by atoms with Gasteiger partial charge in [0.15, 0.2) is 0 Å². The number of hydrogen-bond donors (Lipinski definition) is 1. The van der Waals surface area contributed by atoms with Crippen LogP contribution < -0.4 is 0 Å². The molecule has 5 rings (SSSR count). The molecule has 2 aliphatic carbocycles. The maximum Gasteiger partial charge on any atom is 0.123 e. The summed E-state index contributed by atoms with van der Waals surface area (Å²) in [7, 11) is 0. The first-order valence-corrected chi connectivity index (χ1v) is 11.6. The molecule has 0 radical (unpaired) electrons. The van der Waals surface area contributed by atoms with E-state index in [9.17, 15) is 9.50 Å². The van der Waals surface area contributed by atoms with Gasteiger partial charge in [0, 0.05) is 17.5 Å². The number of halogens is 1. The molecule has 2 heterocycles. The highest BCUT2D eigenvalue weighted by Crippen LogP contribution is 2.56. The largest absolute Gasteiger partial charge is 0.390 e. The SMILES string of the molecule is C[C@]12Cn3cnc(-c4ccc(F)cc4)c3C=C1CCC[C@@H]2[C@](C)(O)C1CCCCC1. The van der Waals surface area contributed by atoms with E-state index in [1.165, 1.54) is 37.0 Å². The monoisotopic (exact) mass is 408 g/mol. The van der Waals surface area contributed by atoms with Crippen LogP contribution in [0.2, 0.25) is 0 Å². The van der Waals surface area contributed by atoms with Gasteiger partial charge < -0.3 is 9.67 Å². The van der Waals surface area contributed by atoms with Crippen molar-refractivity contribution in [2.45, 2.75) is 77.4 Å². The number of imidazole rings is 1. The minimum absolute atomic E-state index is 0.0486. The lowest BCUT2D eigenvalue weighted by molar-refractivity contribution is -0.113. The average molecular weight is 409 g/mol. The molecule has 3 nitrogen and oxygen atoms in total. The van der Waals surface area contributed by atoms with Gasteiger partial charge in [0.25, 0.3) is 0 Å². The van der Waals surface area contributed by atoms with Gasteiger partial charge in [-0.05, 0) is 81.2 Å². The van der Waals surface area contributed by atoms with Gasteiger partial charge in [-0.15, -0.1) is 0 Å². The van der Waals surface area contributed by atoms with Crippen molar-refractivity contribution >= 4 is 6.08 Å². The van der Waals surface area contributed by atoms with Crippen molar-refractivity contribution in [3.05, 3.63) is 47.7 Å². The van der Waals surface area contributed by atoms with Crippen LogP contribution in [0.4, 0.5) is 4.39 Å². The fraction of sp³-hybridized carbons (Fsp3) is 0.577. The Morgan fingerprint density at radius 2 is 1.83 bits per heavy atom. The molecular formula is C26H33FN2O. The number of fused-ring (bicyclic) bond motifs is 2. The third-order valence-electron chi connectivity index (χ3n) is 8.38. The van der Waals surface area contributed by atoms with Crippen LogP contribution in [0.1, 0.15) is 70.9 Å². The number of hydrogen-bond acceptors (Lipinski definition) is 2. The molecule has 2 saturated carbocycles. The van der Waals surface area contributed by atoms with Crippen molar-refractivity contribution in [1.82, 2.24) is 9.55 Å². The Bertz CT molecular complexity index is 952. The number of rotatable bonds is 3. The predicted molar refractivity (Wildman–Crippen MR) is 118 cm³/mol. The van der Waals surface area contributed by atoms with Crippen LogP contribution in [-0.2, 0) is 6.54 Å². The lowest BCUT2D eigenvalue weighted by Crippen LogP contribution is -2.54. The van der Waals surface area contributed by atoms with E-state index in [-0.39, 0.29) is 17.2 Å². The molecule has 1 aliphatic heterocycles. The molecule has 3 atom stereocenters. The van der Waals surface area contributed by atoms with E-state index >= 15 is 0 Å². The average Bonchev–Trinajstić information content (AvgIpc) is 3.14. The van der Waals surface area contributed by atoms with Crippen molar-refractivity contribution < 1.29 is 9.50 Å². The molecule has 1 aromatic heterocycles. The fourth-order valence-corrected chi connectivity index (χ4v) is 6.70. The molecule has 1 N–H and O–H groups in total. The number of benzene rings is 1. The molecule has 2 aromatic rings. The van der Waals surface area contributed by atoms with Crippen LogP contribution in [0.3, 0.4) is 0 Å². The summed E-state index contributed by atoms with van der Waals surface area (Å²) in [5, 5.41) is 11.8. The molecule has 0 unspecified atom stereocenters. The number of nitrogens with zero attached hydrogens (tertiary/aromatic N) is 2. The number of aliphatic hydroxyl groups is 1. The number of aromatic nitrogens is 2. The zero-order valence-corrected chi connectivity index (χ0v) is 18.2. The van der Waals surface area contributed by atoms with Crippen LogP contribution in [0.15, 0.2) is 36.2 Å². The Hall–Kier alpha value is -1.94. The third kappa shape index (κ3) is 3.15. The molecule has 0 bridgehead atoms. The Labute approximate surface area is 179 Å². The van der Waals surface area contributed by atoms with Gasteiger partial charge >= 0.3 is 0 Å². The van der Waals surface area contributed by atoms with Crippen LogP contribution in [-0.4, -0.2) is 20.3 Å². The summed E-state index contributed by atoms with van der Waals surface area (Å²) >= 11 is 0. The van der Waals surface area contributed by atoms with E-state index in [1.807, 2.05) is 18.5 Å².